The van der Waals surface area contributed by atoms with E-state index >= 15 is 0 Å². The third-order valence-corrected chi connectivity index (χ3v) is 1.73. The summed E-state index contributed by atoms with van der Waals surface area (Å²) in [5.41, 5.74) is 7.99. The number of nitrogens with two attached hydrogens (primary N) is 1. The molecule has 4 nitrogen and oxygen atoms in total. The Hall–Kier alpha value is -0.0300. The van der Waals surface area contributed by atoms with Gasteiger partial charge in [0.15, 0.2) is 0 Å². The van der Waals surface area contributed by atoms with Crippen LogP contribution in [0.25, 0.3) is 0 Å². The van der Waals surface area contributed by atoms with Crippen molar-refractivity contribution in [3.8, 4) is 0 Å². The molecule has 0 bridgehead atoms. The lowest BCUT2D eigenvalue weighted by molar-refractivity contribution is -0.126. The zero-order valence-electron chi connectivity index (χ0n) is 7.59. The van der Waals surface area contributed by atoms with Crippen LogP contribution in [0, 0.1) is 0 Å². The van der Waals surface area contributed by atoms with Crippen molar-refractivity contribution >= 4 is 29.1 Å². The first kappa shape index (κ1) is 13.0. The first-order valence-corrected chi connectivity index (χ1v) is 5.11. The number of hydrogen-bond acceptors (Lipinski definition) is 3. The van der Waals surface area contributed by atoms with Crippen molar-refractivity contribution < 1.29 is 4.79 Å². The number of rotatable bonds is 6. The number of halogens is 2. The highest BCUT2D eigenvalue weighted by molar-refractivity contribution is 6.18. The van der Waals surface area contributed by atoms with Gasteiger partial charge in [-0.05, 0) is 6.92 Å². The lowest BCUT2D eigenvalue weighted by Crippen LogP contribution is -2.49. The molecule has 0 aromatic heterocycles. The molecular formula is C7H15Cl2N3O. The van der Waals surface area contributed by atoms with E-state index in [0.29, 0.717) is 24.8 Å². The Kier molecular flexibility index (Phi) is 7.36. The lowest BCUT2D eigenvalue weighted by atomic mass is 10.3. The number of alkyl halides is 2. The van der Waals surface area contributed by atoms with E-state index < -0.39 is 6.04 Å². The van der Waals surface area contributed by atoms with Crippen molar-refractivity contribution in [1.82, 2.24) is 10.4 Å². The molecule has 0 saturated heterocycles. The summed E-state index contributed by atoms with van der Waals surface area (Å²) in [6.07, 6.45) is 0. The van der Waals surface area contributed by atoms with Crippen molar-refractivity contribution in [3.05, 3.63) is 0 Å². The Morgan fingerprint density at radius 1 is 1.46 bits per heavy atom. The molecule has 13 heavy (non-hydrogen) atoms. The fourth-order valence-electron chi connectivity index (χ4n) is 0.685. The summed E-state index contributed by atoms with van der Waals surface area (Å²) in [6.45, 7) is 2.74. The maximum Gasteiger partial charge on any atom is 0.250 e. The second-order valence-electron chi connectivity index (χ2n) is 2.63. The van der Waals surface area contributed by atoms with E-state index in [1.165, 1.54) is 0 Å². The van der Waals surface area contributed by atoms with Gasteiger partial charge in [0, 0.05) is 24.8 Å². The van der Waals surface area contributed by atoms with E-state index in [1.807, 2.05) is 0 Å². The maximum atomic E-state index is 11.1. The fraction of sp³-hybridized carbons (Fsp3) is 0.857. The number of amides is 1. The van der Waals surface area contributed by atoms with Crippen LogP contribution >= 0.6 is 23.2 Å². The van der Waals surface area contributed by atoms with Crippen molar-refractivity contribution in [3.63, 3.8) is 0 Å². The summed E-state index contributed by atoms with van der Waals surface area (Å²) in [7, 11) is 0. The maximum absolute atomic E-state index is 11.1. The zero-order chi connectivity index (χ0) is 10.3. The van der Waals surface area contributed by atoms with Gasteiger partial charge in [0.1, 0.15) is 0 Å². The number of nitrogens with one attached hydrogen (secondary N) is 1. The molecule has 0 fully saturated rings. The quantitative estimate of drug-likeness (QED) is 0.502. The highest BCUT2D eigenvalue weighted by Crippen LogP contribution is 1.88. The molecule has 0 heterocycles. The Morgan fingerprint density at radius 3 is 2.23 bits per heavy atom. The van der Waals surface area contributed by atoms with Gasteiger partial charge in [-0.1, -0.05) is 0 Å². The molecular weight excluding hydrogens is 213 g/mol. The van der Waals surface area contributed by atoms with Gasteiger partial charge in [0.05, 0.1) is 6.04 Å². The molecule has 0 aliphatic rings. The van der Waals surface area contributed by atoms with Crippen LogP contribution in [0.4, 0.5) is 0 Å². The summed E-state index contributed by atoms with van der Waals surface area (Å²) >= 11 is 11.1. The van der Waals surface area contributed by atoms with Crippen LogP contribution in [0.2, 0.25) is 0 Å². The van der Waals surface area contributed by atoms with Gasteiger partial charge in [-0.25, -0.2) is 5.01 Å². The van der Waals surface area contributed by atoms with Crippen LogP contribution in [-0.4, -0.2) is 41.8 Å². The summed E-state index contributed by atoms with van der Waals surface area (Å²) < 4.78 is 0. The van der Waals surface area contributed by atoms with Gasteiger partial charge in [0.2, 0.25) is 0 Å². The van der Waals surface area contributed by atoms with Gasteiger partial charge < -0.3 is 5.73 Å². The number of carbonyl (C=O) groups is 1. The summed E-state index contributed by atoms with van der Waals surface area (Å²) in [6, 6.07) is -0.520. The molecule has 0 unspecified atom stereocenters. The topological polar surface area (TPSA) is 58.4 Å². The Balaban J connectivity index is 3.86. The average molecular weight is 228 g/mol. The van der Waals surface area contributed by atoms with E-state index in [9.17, 15) is 4.79 Å². The average Bonchev–Trinajstić information content (AvgIpc) is 2.05. The number of carbonyl (C=O) groups excluding carboxylic acids is 1. The van der Waals surface area contributed by atoms with Gasteiger partial charge in [0.25, 0.3) is 5.91 Å². The molecule has 3 N–H and O–H groups in total. The van der Waals surface area contributed by atoms with Crippen LogP contribution < -0.4 is 11.2 Å². The minimum Gasteiger partial charge on any atom is -0.320 e. The summed E-state index contributed by atoms with van der Waals surface area (Å²) in [5.74, 6) is 0.655. The second kappa shape index (κ2) is 7.38. The zero-order valence-corrected chi connectivity index (χ0v) is 9.11. The number of hydrazine groups is 1. The molecule has 0 saturated carbocycles. The van der Waals surface area contributed by atoms with Crippen LogP contribution in [-0.2, 0) is 4.79 Å². The lowest BCUT2D eigenvalue weighted by Gasteiger charge is -2.21. The van der Waals surface area contributed by atoms with Gasteiger partial charge in [-0.2, -0.15) is 0 Å². The smallest absolute Gasteiger partial charge is 0.250 e. The van der Waals surface area contributed by atoms with Crippen molar-refractivity contribution in [1.29, 1.82) is 0 Å². The molecule has 0 aliphatic heterocycles. The minimum absolute atomic E-state index is 0.227. The molecule has 0 radical (unpaired) electrons. The van der Waals surface area contributed by atoms with Crippen LogP contribution in [0.15, 0.2) is 0 Å². The molecule has 0 aliphatic carbocycles. The molecule has 0 aromatic carbocycles. The Labute approximate surface area is 88.3 Å². The molecule has 1 atom stereocenters. The van der Waals surface area contributed by atoms with E-state index in [4.69, 9.17) is 28.9 Å². The number of nitrogens with zero attached hydrogens (tertiary/aromatic N) is 1. The molecule has 6 heteroatoms. The monoisotopic (exact) mass is 227 g/mol. The first-order chi connectivity index (χ1) is 6.11. The minimum atomic E-state index is -0.520. The molecule has 1 amide bonds. The van der Waals surface area contributed by atoms with Gasteiger partial charge in [-0.15, -0.1) is 23.2 Å². The molecule has 0 aromatic rings. The van der Waals surface area contributed by atoms with E-state index in [0.717, 1.165) is 0 Å². The Bertz CT molecular complexity index is 149. The molecule has 0 spiro atoms. The van der Waals surface area contributed by atoms with Gasteiger partial charge >= 0.3 is 0 Å². The van der Waals surface area contributed by atoms with E-state index in [2.05, 4.69) is 5.43 Å². The third kappa shape index (κ3) is 6.10. The van der Waals surface area contributed by atoms with Crippen LogP contribution in [0.5, 0.6) is 0 Å². The van der Waals surface area contributed by atoms with E-state index in [1.54, 1.807) is 11.9 Å². The highest BCUT2D eigenvalue weighted by Gasteiger charge is 2.11. The number of hydrogen-bond donors (Lipinski definition) is 2. The van der Waals surface area contributed by atoms with E-state index in [-0.39, 0.29) is 5.91 Å². The van der Waals surface area contributed by atoms with Gasteiger partial charge in [-0.3, -0.25) is 10.2 Å². The predicted molar refractivity (Wildman–Crippen MR) is 54.8 cm³/mol. The molecule has 78 valence electrons. The Morgan fingerprint density at radius 2 is 1.92 bits per heavy atom. The van der Waals surface area contributed by atoms with Crippen LogP contribution in [0.1, 0.15) is 6.92 Å². The fourth-order valence-corrected chi connectivity index (χ4v) is 1.09. The third-order valence-electron chi connectivity index (χ3n) is 1.39. The largest absolute Gasteiger partial charge is 0.320 e. The van der Waals surface area contributed by atoms with Crippen LogP contribution in [0.3, 0.4) is 0 Å². The van der Waals surface area contributed by atoms with Crippen molar-refractivity contribution in [2.75, 3.05) is 24.8 Å². The first-order valence-electron chi connectivity index (χ1n) is 4.04. The summed E-state index contributed by atoms with van der Waals surface area (Å²) in [4.78, 5) is 11.1. The second-order valence-corrected chi connectivity index (χ2v) is 3.39. The normalized spacial score (nSPS) is 13.0. The highest BCUT2D eigenvalue weighted by atomic mass is 35.5. The predicted octanol–water partition coefficient (Wildman–Crippen LogP) is 0.144. The standard InChI is InChI=1S/C7H15Cl2N3O/c1-6(10)7(13)11-12(4-2-8)5-3-9/h6H,2-5,10H2,1H3,(H,11,13)/t6-/m0/s1. The SMILES string of the molecule is C[C@H](N)C(=O)NN(CCCl)CCCl. The molecule has 0 rings (SSSR count). The van der Waals surface area contributed by atoms with Crippen molar-refractivity contribution in [2.24, 2.45) is 5.73 Å². The summed E-state index contributed by atoms with van der Waals surface area (Å²) in [5, 5.41) is 1.66. The van der Waals surface area contributed by atoms with Crippen molar-refractivity contribution in [2.45, 2.75) is 13.0 Å².